The molecule has 2 unspecified atom stereocenters. The van der Waals surface area contributed by atoms with Crippen LogP contribution < -0.4 is 0 Å². The van der Waals surface area contributed by atoms with Crippen molar-refractivity contribution in [2.45, 2.75) is 44.6 Å². The fourth-order valence-corrected chi connectivity index (χ4v) is 1.90. The summed E-state index contributed by atoms with van der Waals surface area (Å²) in [7, 11) is 0. The van der Waals surface area contributed by atoms with Crippen molar-refractivity contribution >= 4 is 0 Å². The first kappa shape index (κ1) is 8.62. The van der Waals surface area contributed by atoms with Crippen LogP contribution in [0, 0.1) is 18.3 Å². The monoisotopic (exact) mass is 152 g/mol. The molecule has 1 aliphatic rings. The van der Waals surface area contributed by atoms with E-state index in [9.17, 15) is 5.11 Å². The molecule has 0 amide bonds. The standard InChI is InChI=1S/C10H16O/c1-3-4-6-10(11)7-5-9(2)8-10/h1,9,11H,4-8H2,2H3. The molecule has 1 heteroatoms. The number of hydrogen-bond acceptors (Lipinski definition) is 1. The van der Waals surface area contributed by atoms with E-state index in [4.69, 9.17) is 6.42 Å². The molecule has 62 valence electrons. The van der Waals surface area contributed by atoms with Gasteiger partial charge in [-0.15, -0.1) is 12.3 Å². The fourth-order valence-electron chi connectivity index (χ4n) is 1.90. The highest BCUT2D eigenvalue weighted by molar-refractivity contribution is 4.93. The minimum absolute atomic E-state index is 0.425. The molecule has 1 rings (SSSR count). The first-order chi connectivity index (χ1) is 5.16. The van der Waals surface area contributed by atoms with Crippen LogP contribution in [0.2, 0.25) is 0 Å². The molecule has 0 heterocycles. The van der Waals surface area contributed by atoms with Crippen LogP contribution in [0.5, 0.6) is 0 Å². The Morgan fingerprint density at radius 1 is 1.73 bits per heavy atom. The SMILES string of the molecule is C#CCCC1(O)CCC(C)C1. The lowest BCUT2D eigenvalue weighted by Gasteiger charge is -2.20. The first-order valence-electron chi connectivity index (χ1n) is 4.32. The van der Waals surface area contributed by atoms with Gasteiger partial charge in [-0.2, -0.15) is 0 Å². The second kappa shape index (κ2) is 3.28. The van der Waals surface area contributed by atoms with E-state index in [2.05, 4.69) is 12.8 Å². The van der Waals surface area contributed by atoms with Gasteiger partial charge in [-0.25, -0.2) is 0 Å². The topological polar surface area (TPSA) is 20.2 Å². The maximum atomic E-state index is 9.90. The smallest absolute Gasteiger partial charge is 0.0659 e. The van der Waals surface area contributed by atoms with E-state index in [1.807, 2.05) is 0 Å². The largest absolute Gasteiger partial charge is 0.390 e. The third kappa shape index (κ3) is 2.24. The molecular weight excluding hydrogens is 136 g/mol. The first-order valence-corrected chi connectivity index (χ1v) is 4.32. The molecule has 1 saturated carbocycles. The summed E-state index contributed by atoms with van der Waals surface area (Å²) in [6, 6.07) is 0. The molecule has 2 atom stereocenters. The van der Waals surface area contributed by atoms with E-state index >= 15 is 0 Å². The van der Waals surface area contributed by atoms with Crippen molar-refractivity contribution in [2.24, 2.45) is 5.92 Å². The number of hydrogen-bond donors (Lipinski definition) is 1. The van der Waals surface area contributed by atoms with Crippen LogP contribution in [0.3, 0.4) is 0 Å². The van der Waals surface area contributed by atoms with Gasteiger partial charge in [0, 0.05) is 6.42 Å². The predicted molar refractivity (Wildman–Crippen MR) is 46.0 cm³/mol. The van der Waals surface area contributed by atoms with Gasteiger partial charge >= 0.3 is 0 Å². The summed E-state index contributed by atoms with van der Waals surface area (Å²) in [6.45, 7) is 2.19. The molecule has 0 spiro atoms. The van der Waals surface area contributed by atoms with Gasteiger partial charge < -0.3 is 5.11 Å². The lowest BCUT2D eigenvalue weighted by molar-refractivity contribution is 0.0369. The van der Waals surface area contributed by atoms with Gasteiger partial charge in [-0.3, -0.25) is 0 Å². The predicted octanol–water partition coefficient (Wildman–Crippen LogP) is 1.95. The maximum Gasteiger partial charge on any atom is 0.0659 e. The van der Waals surface area contributed by atoms with Crippen molar-refractivity contribution in [1.29, 1.82) is 0 Å². The van der Waals surface area contributed by atoms with Crippen LogP contribution in [0.4, 0.5) is 0 Å². The average Bonchev–Trinajstić information content (AvgIpc) is 2.28. The molecule has 1 N–H and O–H groups in total. The zero-order valence-electron chi connectivity index (χ0n) is 7.14. The number of aliphatic hydroxyl groups is 1. The van der Waals surface area contributed by atoms with Gasteiger partial charge in [0.2, 0.25) is 0 Å². The molecule has 1 aliphatic carbocycles. The molecule has 1 nitrogen and oxygen atoms in total. The van der Waals surface area contributed by atoms with Crippen molar-refractivity contribution in [2.75, 3.05) is 0 Å². The lowest BCUT2D eigenvalue weighted by Crippen LogP contribution is -2.23. The third-order valence-electron chi connectivity index (χ3n) is 2.57. The van der Waals surface area contributed by atoms with Crippen LogP contribution >= 0.6 is 0 Å². The van der Waals surface area contributed by atoms with E-state index in [0.717, 1.165) is 25.7 Å². The Kier molecular flexibility index (Phi) is 2.57. The minimum atomic E-state index is -0.425. The molecule has 11 heavy (non-hydrogen) atoms. The van der Waals surface area contributed by atoms with Crippen LogP contribution in [-0.2, 0) is 0 Å². The summed E-state index contributed by atoms with van der Waals surface area (Å²) in [5, 5.41) is 9.90. The Balaban J connectivity index is 2.37. The molecule has 0 aromatic carbocycles. The van der Waals surface area contributed by atoms with Gasteiger partial charge in [0.05, 0.1) is 5.60 Å². The highest BCUT2D eigenvalue weighted by atomic mass is 16.3. The fraction of sp³-hybridized carbons (Fsp3) is 0.800. The summed E-state index contributed by atoms with van der Waals surface area (Å²) in [6.07, 6.45) is 9.67. The third-order valence-corrected chi connectivity index (χ3v) is 2.57. The zero-order valence-corrected chi connectivity index (χ0v) is 7.14. The Labute approximate surface area is 68.8 Å². The summed E-state index contributed by atoms with van der Waals surface area (Å²) in [5.74, 6) is 3.25. The molecule has 0 bridgehead atoms. The highest BCUT2D eigenvalue weighted by Gasteiger charge is 2.34. The Morgan fingerprint density at radius 3 is 2.91 bits per heavy atom. The number of terminal acetylenes is 1. The maximum absolute atomic E-state index is 9.90. The lowest BCUT2D eigenvalue weighted by atomic mass is 9.95. The Hall–Kier alpha value is -0.480. The molecule has 0 aromatic rings. The van der Waals surface area contributed by atoms with Gasteiger partial charge in [0.1, 0.15) is 0 Å². The Morgan fingerprint density at radius 2 is 2.45 bits per heavy atom. The van der Waals surface area contributed by atoms with E-state index in [0.29, 0.717) is 12.3 Å². The summed E-state index contributed by atoms with van der Waals surface area (Å²) in [5.41, 5.74) is -0.425. The van der Waals surface area contributed by atoms with Crippen LogP contribution in [0.25, 0.3) is 0 Å². The molecule has 0 aromatic heterocycles. The molecule has 0 saturated heterocycles. The average molecular weight is 152 g/mol. The van der Waals surface area contributed by atoms with Crippen LogP contribution in [-0.4, -0.2) is 10.7 Å². The van der Waals surface area contributed by atoms with Gasteiger partial charge in [0.15, 0.2) is 0 Å². The molecule has 0 aliphatic heterocycles. The van der Waals surface area contributed by atoms with Crippen molar-refractivity contribution in [3.63, 3.8) is 0 Å². The summed E-state index contributed by atoms with van der Waals surface area (Å²) < 4.78 is 0. The van der Waals surface area contributed by atoms with Crippen LogP contribution in [0.15, 0.2) is 0 Å². The van der Waals surface area contributed by atoms with E-state index < -0.39 is 5.60 Å². The number of rotatable bonds is 2. The Bertz CT molecular complexity index is 168. The van der Waals surface area contributed by atoms with Crippen molar-refractivity contribution < 1.29 is 5.11 Å². The summed E-state index contributed by atoms with van der Waals surface area (Å²) >= 11 is 0. The quantitative estimate of drug-likeness (QED) is 0.600. The second-order valence-corrected chi connectivity index (χ2v) is 3.78. The van der Waals surface area contributed by atoms with Crippen molar-refractivity contribution in [1.82, 2.24) is 0 Å². The summed E-state index contributed by atoms with van der Waals surface area (Å²) in [4.78, 5) is 0. The zero-order chi connectivity index (χ0) is 8.32. The second-order valence-electron chi connectivity index (χ2n) is 3.78. The molecular formula is C10H16O. The van der Waals surface area contributed by atoms with Crippen molar-refractivity contribution in [3.05, 3.63) is 0 Å². The van der Waals surface area contributed by atoms with E-state index in [1.165, 1.54) is 0 Å². The molecule has 1 fully saturated rings. The molecule has 0 radical (unpaired) electrons. The normalized spacial score (nSPS) is 37.0. The highest BCUT2D eigenvalue weighted by Crippen LogP contribution is 2.36. The van der Waals surface area contributed by atoms with Gasteiger partial charge in [-0.1, -0.05) is 6.92 Å². The van der Waals surface area contributed by atoms with E-state index in [1.54, 1.807) is 0 Å². The van der Waals surface area contributed by atoms with Crippen LogP contribution in [0.1, 0.15) is 39.0 Å². The van der Waals surface area contributed by atoms with E-state index in [-0.39, 0.29) is 0 Å². The van der Waals surface area contributed by atoms with Gasteiger partial charge in [-0.05, 0) is 31.6 Å². The van der Waals surface area contributed by atoms with Gasteiger partial charge in [0.25, 0.3) is 0 Å². The van der Waals surface area contributed by atoms with Crippen molar-refractivity contribution in [3.8, 4) is 12.3 Å². The minimum Gasteiger partial charge on any atom is -0.390 e.